The molecule has 2 aliphatic heterocycles. The zero-order valence-electron chi connectivity index (χ0n) is 22.7. The molecule has 0 spiro atoms. The Balaban J connectivity index is 1.35. The van der Waals surface area contributed by atoms with Gasteiger partial charge in [0, 0.05) is 37.3 Å². The van der Waals surface area contributed by atoms with E-state index in [9.17, 15) is 14.7 Å². The summed E-state index contributed by atoms with van der Waals surface area (Å²) in [6, 6.07) is 7.86. The molecule has 206 valence electrons. The van der Waals surface area contributed by atoms with Gasteiger partial charge in [-0.25, -0.2) is 9.37 Å². The Morgan fingerprint density at radius 2 is 1.87 bits per heavy atom. The standard InChI is InChI=1S/C29H39FN4O4/c1-28(2,3)18-33-11-9-19(10-12-33)17-38-25-8-6-21(15-32-25)20-5-7-23(24(30)13-20)26(36)34-16-22(35)14-29(34,4)27(31)37/h5-8,13,15,19,22,35H,9-12,14,16-18H2,1-4H3,(H2,31,37)/t22-,29+/m1/s1. The number of primary amides is 1. The van der Waals surface area contributed by atoms with Gasteiger partial charge in [-0.05, 0) is 68.0 Å². The van der Waals surface area contributed by atoms with Crippen LogP contribution in [0, 0.1) is 17.2 Å². The minimum Gasteiger partial charge on any atom is -0.477 e. The Bertz CT molecular complexity index is 1160. The van der Waals surface area contributed by atoms with Crippen molar-refractivity contribution in [2.45, 2.75) is 58.6 Å². The summed E-state index contributed by atoms with van der Waals surface area (Å²) < 4.78 is 21.0. The van der Waals surface area contributed by atoms with Gasteiger partial charge >= 0.3 is 0 Å². The maximum Gasteiger partial charge on any atom is 0.257 e. The molecule has 2 fully saturated rings. The Morgan fingerprint density at radius 3 is 2.45 bits per heavy atom. The van der Waals surface area contributed by atoms with Crippen molar-refractivity contribution in [3.05, 3.63) is 47.9 Å². The van der Waals surface area contributed by atoms with Crippen LogP contribution in [0.25, 0.3) is 11.1 Å². The lowest BCUT2D eigenvalue weighted by molar-refractivity contribution is -0.126. The number of ether oxygens (including phenoxy) is 1. The quantitative estimate of drug-likeness (QED) is 0.572. The van der Waals surface area contributed by atoms with E-state index in [4.69, 9.17) is 10.5 Å². The molecule has 0 bridgehead atoms. The number of halogens is 1. The number of pyridine rings is 1. The minimum atomic E-state index is -1.37. The van der Waals surface area contributed by atoms with E-state index in [1.165, 1.54) is 19.1 Å². The van der Waals surface area contributed by atoms with Crippen molar-refractivity contribution in [1.29, 1.82) is 0 Å². The number of carbonyl (C=O) groups is 2. The van der Waals surface area contributed by atoms with E-state index in [2.05, 4.69) is 30.7 Å². The first-order valence-electron chi connectivity index (χ1n) is 13.3. The van der Waals surface area contributed by atoms with Crippen LogP contribution in [0.4, 0.5) is 4.39 Å². The predicted molar refractivity (Wildman–Crippen MR) is 143 cm³/mol. The molecule has 2 aromatic rings. The van der Waals surface area contributed by atoms with Gasteiger partial charge < -0.3 is 25.4 Å². The normalized spacial score (nSPS) is 23.0. The second kappa shape index (κ2) is 11.0. The molecule has 2 atom stereocenters. The molecule has 1 aromatic carbocycles. The number of carbonyl (C=O) groups excluding carboxylic acids is 2. The average Bonchev–Trinajstić information content (AvgIpc) is 3.18. The summed E-state index contributed by atoms with van der Waals surface area (Å²) in [5.41, 5.74) is 5.48. The lowest BCUT2D eigenvalue weighted by Gasteiger charge is -2.35. The number of likely N-dealkylation sites (tertiary alicyclic amines) is 2. The third-order valence-electron chi connectivity index (χ3n) is 7.54. The molecule has 0 aliphatic carbocycles. The number of β-amino-alcohol motifs (C(OH)–C–C–N with tert-alkyl or cyclic N) is 1. The molecule has 2 amide bonds. The number of hydrogen-bond acceptors (Lipinski definition) is 6. The van der Waals surface area contributed by atoms with E-state index in [0.717, 1.165) is 37.4 Å². The molecule has 1 aromatic heterocycles. The van der Waals surface area contributed by atoms with Gasteiger partial charge in [0.05, 0.1) is 18.3 Å². The highest BCUT2D eigenvalue weighted by molar-refractivity contribution is 5.99. The van der Waals surface area contributed by atoms with Gasteiger partial charge in [-0.3, -0.25) is 9.59 Å². The predicted octanol–water partition coefficient (Wildman–Crippen LogP) is 3.48. The van der Waals surface area contributed by atoms with Crippen LogP contribution < -0.4 is 10.5 Å². The summed E-state index contributed by atoms with van der Waals surface area (Å²) in [6.07, 6.45) is 2.95. The third kappa shape index (κ3) is 6.32. The molecule has 0 radical (unpaired) electrons. The van der Waals surface area contributed by atoms with Crippen LogP contribution in [0.1, 0.15) is 57.3 Å². The highest BCUT2D eigenvalue weighted by atomic mass is 19.1. The molecule has 3 N–H and O–H groups in total. The van der Waals surface area contributed by atoms with Gasteiger partial charge in [0.1, 0.15) is 11.4 Å². The van der Waals surface area contributed by atoms with Crippen molar-refractivity contribution in [3.8, 4) is 17.0 Å². The maximum absolute atomic E-state index is 15.0. The SMILES string of the molecule is CC(C)(C)CN1CCC(COc2ccc(-c3ccc(C(=O)N4C[C@H](O)C[C@@]4(C)C(N)=O)c(F)c3)cn2)CC1. The number of benzene rings is 1. The van der Waals surface area contributed by atoms with Gasteiger partial charge in [0.25, 0.3) is 5.91 Å². The van der Waals surface area contributed by atoms with Crippen LogP contribution in [0.5, 0.6) is 5.88 Å². The van der Waals surface area contributed by atoms with Crippen LogP contribution in [-0.4, -0.2) is 76.1 Å². The molecular weight excluding hydrogens is 487 g/mol. The fourth-order valence-electron chi connectivity index (χ4n) is 5.42. The molecular formula is C29H39FN4O4. The van der Waals surface area contributed by atoms with E-state index in [-0.39, 0.29) is 18.5 Å². The van der Waals surface area contributed by atoms with Crippen LogP contribution in [0.15, 0.2) is 36.5 Å². The number of aliphatic hydroxyl groups is 1. The largest absolute Gasteiger partial charge is 0.477 e. The highest BCUT2D eigenvalue weighted by Gasteiger charge is 2.49. The minimum absolute atomic E-state index is 0.0181. The Hall–Kier alpha value is -3.04. The molecule has 2 aliphatic rings. The molecule has 0 unspecified atom stereocenters. The first-order valence-corrected chi connectivity index (χ1v) is 13.3. The van der Waals surface area contributed by atoms with Gasteiger partial charge in [0.15, 0.2) is 0 Å². The average molecular weight is 527 g/mol. The Morgan fingerprint density at radius 1 is 1.18 bits per heavy atom. The maximum atomic E-state index is 15.0. The monoisotopic (exact) mass is 526 g/mol. The number of aliphatic hydroxyl groups excluding tert-OH is 1. The lowest BCUT2D eigenvalue weighted by Crippen LogP contribution is -2.54. The summed E-state index contributed by atoms with van der Waals surface area (Å²) >= 11 is 0. The van der Waals surface area contributed by atoms with E-state index in [1.54, 1.807) is 18.3 Å². The molecule has 8 nitrogen and oxygen atoms in total. The van der Waals surface area contributed by atoms with E-state index in [1.807, 2.05) is 6.07 Å². The first-order chi connectivity index (χ1) is 17.9. The molecule has 2 saturated heterocycles. The molecule has 3 heterocycles. The Labute approximate surface area is 224 Å². The zero-order valence-corrected chi connectivity index (χ0v) is 22.7. The molecule has 38 heavy (non-hydrogen) atoms. The summed E-state index contributed by atoms with van der Waals surface area (Å²) in [5, 5.41) is 10.0. The first kappa shape index (κ1) is 28.0. The van der Waals surface area contributed by atoms with Crippen LogP contribution >= 0.6 is 0 Å². The lowest BCUT2D eigenvalue weighted by atomic mass is 9.92. The van der Waals surface area contributed by atoms with Crippen molar-refractivity contribution in [2.24, 2.45) is 17.1 Å². The van der Waals surface area contributed by atoms with E-state index < -0.39 is 29.3 Å². The Kier molecular flexibility index (Phi) is 8.09. The fourth-order valence-corrected chi connectivity index (χ4v) is 5.42. The van der Waals surface area contributed by atoms with Gasteiger partial charge in [-0.2, -0.15) is 0 Å². The van der Waals surface area contributed by atoms with Crippen molar-refractivity contribution in [1.82, 2.24) is 14.8 Å². The van der Waals surface area contributed by atoms with Crippen molar-refractivity contribution in [3.63, 3.8) is 0 Å². The number of rotatable bonds is 7. The topological polar surface area (TPSA) is 109 Å². The van der Waals surface area contributed by atoms with Crippen molar-refractivity contribution >= 4 is 11.8 Å². The van der Waals surface area contributed by atoms with E-state index in [0.29, 0.717) is 34.9 Å². The zero-order chi connectivity index (χ0) is 27.7. The van der Waals surface area contributed by atoms with Crippen LogP contribution in [-0.2, 0) is 4.79 Å². The van der Waals surface area contributed by atoms with Crippen LogP contribution in [0.3, 0.4) is 0 Å². The molecule has 0 saturated carbocycles. The molecule has 9 heteroatoms. The number of nitrogens with two attached hydrogens (primary N) is 1. The third-order valence-corrected chi connectivity index (χ3v) is 7.54. The highest BCUT2D eigenvalue weighted by Crippen LogP contribution is 2.32. The summed E-state index contributed by atoms with van der Waals surface area (Å²) in [5.74, 6) is -1.12. The molecule has 4 rings (SSSR count). The number of nitrogens with zero attached hydrogens (tertiary/aromatic N) is 3. The number of aromatic nitrogens is 1. The summed E-state index contributed by atoms with van der Waals surface area (Å²) in [6.45, 7) is 12.1. The number of amides is 2. The summed E-state index contributed by atoms with van der Waals surface area (Å²) in [4.78, 5) is 33.1. The van der Waals surface area contributed by atoms with E-state index >= 15 is 4.39 Å². The van der Waals surface area contributed by atoms with Crippen molar-refractivity contribution in [2.75, 3.05) is 32.8 Å². The number of hydrogen-bond donors (Lipinski definition) is 2. The smallest absolute Gasteiger partial charge is 0.257 e. The number of piperidine rings is 1. The second-order valence-corrected chi connectivity index (χ2v) is 12.1. The van der Waals surface area contributed by atoms with Gasteiger partial charge in [-0.1, -0.05) is 26.8 Å². The van der Waals surface area contributed by atoms with Crippen molar-refractivity contribution < 1.29 is 23.8 Å². The van der Waals surface area contributed by atoms with Gasteiger partial charge in [0.2, 0.25) is 11.8 Å². The fraction of sp³-hybridized carbons (Fsp3) is 0.552. The van der Waals surface area contributed by atoms with Gasteiger partial charge in [-0.15, -0.1) is 0 Å². The second-order valence-electron chi connectivity index (χ2n) is 12.1. The van der Waals surface area contributed by atoms with Crippen LogP contribution in [0.2, 0.25) is 0 Å². The summed E-state index contributed by atoms with van der Waals surface area (Å²) in [7, 11) is 0.